The average Bonchev–Trinajstić information content (AvgIpc) is 2.34. The molecule has 3 saturated heterocycles. The number of phosphoric acid groups is 4. The topological polar surface area (TPSA) is 580 Å². The number of hydrogen-bond acceptors (Lipinski definition) is 30. The van der Waals surface area contributed by atoms with E-state index in [1.807, 2.05) is 0 Å². The first-order valence-electron chi connectivity index (χ1n) is 24.9. The number of methoxy groups -OCH3 is 1. The van der Waals surface area contributed by atoms with E-state index in [2.05, 4.69) is 53.8 Å². The van der Waals surface area contributed by atoms with Gasteiger partial charge in [0.1, 0.15) is 61.2 Å². The second-order valence-corrected chi connectivity index (χ2v) is 25.1. The van der Waals surface area contributed by atoms with E-state index < -0.39 is 148 Å². The molecule has 9 heterocycles. The fraction of sp³-hybridized carbons (Fsp3) is 0.463. The van der Waals surface area contributed by atoms with Crippen LogP contribution >= 0.6 is 31.3 Å². The molecule has 4 unspecified atom stereocenters. The molecule has 1 amide bonds. The van der Waals surface area contributed by atoms with E-state index in [1.54, 1.807) is 30.3 Å². The molecule has 3 aliphatic heterocycles. The van der Waals surface area contributed by atoms with E-state index in [9.17, 15) is 67.5 Å². The number of carbonyl (C=O) groups excluding carboxylic acids is 1. The minimum Gasteiger partial charge on any atom is -0.449 e. The normalized spacial score (nSPS) is 27.9. The highest BCUT2D eigenvalue weighted by Gasteiger charge is 2.54. The third kappa shape index (κ3) is 13.3. The van der Waals surface area contributed by atoms with Crippen LogP contribution in [0.2, 0.25) is 0 Å². The van der Waals surface area contributed by atoms with Crippen LogP contribution < -0.4 is 38.2 Å². The summed E-state index contributed by atoms with van der Waals surface area (Å²) in [6, 6.07) is 8.67. The molecule has 0 radical (unpaired) electrons. The number of amides is 1. The van der Waals surface area contributed by atoms with Gasteiger partial charge in [-0.2, -0.15) is 13.6 Å². The maximum atomic E-state index is 13.8. The van der Waals surface area contributed by atoms with Crippen molar-refractivity contribution in [1.82, 2.24) is 58.9 Å². The zero-order chi connectivity index (χ0) is 61.8. The number of hydrogen-bond donors (Lipinski definition) is 13. The lowest BCUT2D eigenvalue weighted by molar-refractivity contribution is -0.745. The van der Waals surface area contributed by atoms with Crippen LogP contribution in [0.25, 0.3) is 33.5 Å². The van der Waals surface area contributed by atoms with Crippen molar-refractivity contribution in [3.63, 3.8) is 0 Å². The monoisotopic (exact) mass is 1290 g/mol. The first-order chi connectivity index (χ1) is 40.6. The van der Waals surface area contributed by atoms with Gasteiger partial charge in [0.2, 0.25) is 17.7 Å². The van der Waals surface area contributed by atoms with Gasteiger partial charge in [-0.3, -0.25) is 51.4 Å². The highest BCUT2D eigenvalue weighted by Crippen LogP contribution is 2.68. The summed E-state index contributed by atoms with van der Waals surface area (Å²) in [5, 5.41) is 36.0. The van der Waals surface area contributed by atoms with Crippen LogP contribution in [0, 0.1) is 5.92 Å². The number of carbonyl (C=O) groups is 1. The number of alkyl carbamates (subject to hydrolysis) is 1. The Hall–Kier alpha value is -6.62. The minimum absolute atomic E-state index is 0.00202. The first kappa shape index (κ1) is 62.4. The molecule has 7 aromatic rings. The first-order valence-corrected chi connectivity index (χ1v) is 30.8. The molecule has 41 nitrogen and oxygen atoms in total. The molecule has 0 spiro atoms. The number of benzene rings is 1. The molecule has 86 heavy (non-hydrogen) atoms. The number of rotatable bonds is 23. The van der Waals surface area contributed by atoms with Gasteiger partial charge < -0.3 is 81.1 Å². The molecule has 0 aliphatic carbocycles. The van der Waals surface area contributed by atoms with Gasteiger partial charge in [-0.05, 0) is 5.56 Å². The zero-order valence-electron chi connectivity index (χ0n) is 44.1. The quantitative estimate of drug-likeness (QED) is 0.0232. The summed E-state index contributed by atoms with van der Waals surface area (Å²) in [5.41, 5.74) is 16.3. The lowest BCUT2D eigenvalue weighted by atomic mass is 9.99. The molecular weight excluding hydrogens is 1240 g/mol. The molecule has 0 bridgehead atoms. The number of phosphoric ester groups is 3. The molecular formula is C41H53N16O25P4+. The molecule has 0 saturated carbocycles. The van der Waals surface area contributed by atoms with E-state index in [-0.39, 0.29) is 57.8 Å². The highest BCUT2D eigenvalue weighted by molar-refractivity contribution is 7.66. The van der Waals surface area contributed by atoms with Gasteiger partial charge in [-0.1, -0.05) is 35.3 Å². The zero-order valence-corrected chi connectivity index (χ0v) is 47.7. The predicted octanol–water partition coefficient (Wildman–Crippen LogP) is -2.53. The van der Waals surface area contributed by atoms with E-state index in [1.165, 1.54) is 27.1 Å². The number of anilines is 3. The van der Waals surface area contributed by atoms with E-state index in [4.69, 9.17) is 59.0 Å². The fourth-order valence-corrected chi connectivity index (χ4v) is 14.1. The third-order valence-corrected chi connectivity index (χ3v) is 18.7. The summed E-state index contributed by atoms with van der Waals surface area (Å²) in [4.78, 5) is 110. The number of nitrogen functional groups attached to an aromatic ring is 3. The number of nitrogens with zero attached hydrogens (tertiary/aromatic N) is 10. The Bertz CT molecular complexity index is 3990. The van der Waals surface area contributed by atoms with Gasteiger partial charge in [-0.25, -0.2) is 47.6 Å². The second-order valence-electron chi connectivity index (χ2n) is 19.1. The number of aliphatic hydroxyl groups is 3. The van der Waals surface area contributed by atoms with Crippen molar-refractivity contribution < 1.29 is 113 Å². The summed E-state index contributed by atoms with van der Waals surface area (Å²) in [6.45, 7) is -4.03. The van der Waals surface area contributed by atoms with Gasteiger partial charge in [0.25, 0.3) is 17.1 Å². The fourth-order valence-electron chi connectivity index (χ4n) is 9.58. The Balaban J connectivity index is 0.811. The van der Waals surface area contributed by atoms with Crippen LogP contribution in [-0.4, -0.2) is 177 Å². The number of nitrogens with one attached hydrogen (secondary N) is 3. The van der Waals surface area contributed by atoms with Crippen LogP contribution in [-0.2, 0) is 82.3 Å². The molecule has 466 valence electrons. The van der Waals surface area contributed by atoms with Crippen molar-refractivity contribution in [1.29, 1.82) is 0 Å². The second kappa shape index (κ2) is 24.5. The maximum absolute atomic E-state index is 13.8. The number of H-pyrrole nitrogens is 2. The van der Waals surface area contributed by atoms with Gasteiger partial charge in [0.05, 0.1) is 51.5 Å². The van der Waals surface area contributed by atoms with Gasteiger partial charge in [-0.15, -0.1) is 0 Å². The summed E-state index contributed by atoms with van der Waals surface area (Å²) >= 11 is 0. The SMILES string of the molecule is CO[C@@H]1[C@H](OP(=O)(O)OC[C@H]2O[C@@H](n3cnc4c(=O)[nH]c(N)nc43)[C@H](O)[C@@H]2O)[C@@H](COP(=O)(O)OP(=O)(O)OP(=O)(O)OC[C@H]2O[C@@H]([n+]3cn(C)c4c(=O)[nH]c(N)nc43)[C@H](O)[C@@H]2COC(=O)NCc2ccccc2)O[C@H]1n1cnc2c(N)ncnc21. The number of aromatic amines is 2. The number of fused-ring (bicyclic) bond motifs is 3. The van der Waals surface area contributed by atoms with Crippen molar-refractivity contribution in [3.05, 3.63) is 81.9 Å². The van der Waals surface area contributed by atoms with Crippen LogP contribution in [0.15, 0.2) is 65.2 Å². The molecule has 1 aromatic carbocycles. The van der Waals surface area contributed by atoms with Gasteiger partial charge in [0, 0.05) is 13.7 Å². The summed E-state index contributed by atoms with van der Waals surface area (Å²) in [5.74, 6) is -2.08. The van der Waals surface area contributed by atoms with E-state index in [0.29, 0.717) is 5.56 Å². The lowest BCUT2D eigenvalue weighted by Gasteiger charge is -2.26. The Morgan fingerprint density at radius 3 is 2.02 bits per heavy atom. The summed E-state index contributed by atoms with van der Waals surface area (Å²) in [6.07, 6.45) is -14.7. The number of aryl methyl sites for hydroxylation is 1. The molecule has 16 atom stereocenters. The molecule has 3 aliphatic rings. The largest absolute Gasteiger partial charge is 0.490 e. The van der Waals surface area contributed by atoms with Crippen molar-refractivity contribution in [2.24, 2.45) is 13.0 Å². The number of imidazole rings is 3. The lowest BCUT2D eigenvalue weighted by Crippen LogP contribution is -2.46. The van der Waals surface area contributed by atoms with Crippen LogP contribution in [0.4, 0.5) is 22.5 Å². The van der Waals surface area contributed by atoms with Crippen molar-refractivity contribution in [2.45, 2.75) is 74.1 Å². The smallest absolute Gasteiger partial charge is 0.449 e. The third-order valence-electron chi connectivity index (χ3n) is 13.4. The Morgan fingerprint density at radius 2 is 1.33 bits per heavy atom. The van der Waals surface area contributed by atoms with E-state index in [0.717, 1.165) is 30.7 Å². The average molecular weight is 1290 g/mol. The summed E-state index contributed by atoms with van der Waals surface area (Å²) in [7, 11) is -21.2. The van der Waals surface area contributed by atoms with E-state index >= 15 is 0 Å². The Labute approximate surface area is 478 Å². The highest BCUT2D eigenvalue weighted by atomic mass is 31.3. The number of ether oxygens (including phenoxy) is 5. The Kier molecular flexibility index (Phi) is 17.8. The van der Waals surface area contributed by atoms with Crippen LogP contribution in [0.5, 0.6) is 0 Å². The summed E-state index contributed by atoms with van der Waals surface area (Å²) < 4.78 is 117. The predicted molar refractivity (Wildman–Crippen MR) is 281 cm³/mol. The minimum atomic E-state index is -6.28. The maximum Gasteiger partial charge on any atom is 0.490 e. The standard InChI is InChI=1S/C41H52N16O25P4/c1-54-16-57(33-24(54)35(62)53-40(44)51-33)36-25(58)18(9-73-41(63)45-8-17-6-4-3-5-7-17)19(77-36)10-75-84(66,67)81-86(70,71)82-85(68,69)76-12-21-28(29(72-2)38(79-21)55-14-48-22-30(42)46-13-47-31(22)55)80-83(64,65)74-11-20-26(59)27(60)37(78-20)56-15-49-23-32(56)50-39(43)52-34(23)61/h3-7,13-16,18-21,25-29,36-38,58-60H,8-12H2,1-2H3,(H12-,42,43,44,45,46,47,50,51,52,53,61,62,63,64,65,66,67,68,69,70,71)/p+1/t18-,19-,20-,21-,25-,26-,27-,28-,29-,36-,37-,38-/m1/s1. The molecule has 16 N–H and O–H groups in total. The van der Waals surface area contributed by atoms with Crippen LogP contribution in [0.3, 0.4) is 0 Å². The van der Waals surface area contributed by atoms with Crippen LogP contribution in [0.1, 0.15) is 24.2 Å². The van der Waals surface area contributed by atoms with Gasteiger partial charge >= 0.3 is 43.0 Å². The number of aliphatic hydroxyl groups excluding tert-OH is 3. The number of aromatic nitrogens is 12. The van der Waals surface area contributed by atoms with Crippen molar-refractivity contribution in [3.8, 4) is 0 Å². The van der Waals surface area contributed by atoms with Gasteiger partial charge in [0.15, 0.2) is 41.4 Å². The Morgan fingerprint density at radius 1 is 0.709 bits per heavy atom. The molecule has 10 rings (SSSR count). The van der Waals surface area contributed by atoms with Crippen molar-refractivity contribution in [2.75, 3.05) is 50.7 Å². The molecule has 6 aromatic heterocycles. The van der Waals surface area contributed by atoms with Crippen molar-refractivity contribution >= 4 is 88.6 Å². The molecule has 3 fully saturated rings. The molecule has 45 heteroatoms. The number of nitrogens with two attached hydrogens (primary N) is 3.